The van der Waals surface area contributed by atoms with Crippen molar-refractivity contribution in [2.45, 2.75) is 431 Å². The van der Waals surface area contributed by atoms with Crippen LogP contribution in [0.15, 0.2) is 36.5 Å². The molecule has 1 amide bonds. The Bertz CT molecular complexity index is 1340. The smallest absolute Gasteiger partial charge is 0.305 e. The molecular weight excluding hydrogens is 1020 g/mol. The zero-order valence-electron chi connectivity index (χ0n) is 56.2. The van der Waals surface area contributed by atoms with Crippen molar-refractivity contribution in [3.8, 4) is 0 Å². The van der Waals surface area contributed by atoms with Crippen LogP contribution in [0, 0.1) is 0 Å². The maximum atomic E-state index is 12.6. The van der Waals surface area contributed by atoms with Crippen LogP contribution in [0.1, 0.15) is 418 Å². The Morgan fingerprint density at radius 3 is 0.928 bits per heavy atom. The topological polar surface area (TPSA) is 95.9 Å². The number of rotatable bonds is 71. The number of carbonyl (C=O) groups is 2. The van der Waals surface area contributed by atoms with Crippen LogP contribution in [0.2, 0.25) is 0 Å². The first-order chi connectivity index (χ1) is 41.0. The monoisotopic (exact) mass is 1170 g/mol. The number of hydrogen-bond donors (Lipinski definition) is 3. The third-order valence-corrected chi connectivity index (χ3v) is 17.7. The number of hydrogen-bond acceptors (Lipinski definition) is 5. The summed E-state index contributed by atoms with van der Waals surface area (Å²) in [5.41, 5.74) is 0. The summed E-state index contributed by atoms with van der Waals surface area (Å²) in [5, 5.41) is 23.3. The van der Waals surface area contributed by atoms with Crippen molar-refractivity contribution in [2.75, 3.05) is 13.2 Å². The Morgan fingerprint density at radius 2 is 0.602 bits per heavy atom. The van der Waals surface area contributed by atoms with E-state index in [1.807, 2.05) is 6.08 Å². The molecule has 0 bridgehead atoms. The zero-order chi connectivity index (χ0) is 59.9. The normalized spacial score (nSPS) is 12.7. The number of nitrogens with one attached hydrogen (secondary N) is 1. The molecule has 0 aliphatic rings. The first-order valence-corrected chi connectivity index (χ1v) is 37.8. The molecule has 3 N–H and O–H groups in total. The summed E-state index contributed by atoms with van der Waals surface area (Å²) < 4.78 is 5.49. The highest BCUT2D eigenvalue weighted by Gasteiger charge is 2.18. The molecule has 0 aromatic heterocycles. The van der Waals surface area contributed by atoms with Crippen LogP contribution in [0.5, 0.6) is 0 Å². The van der Waals surface area contributed by atoms with Crippen LogP contribution in [-0.2, 0) is 14.3 Å². The van der Waals surface area contributed by atoms with Crippen molar-refractivity contribution in [2.24, 2.45) is 0 Å². The predicted octanol–water partition coefficient (Wildman–Crippen LogP) is 24.7. The van der Waals surface area contributed by atoms with Gasteiger partial charge < -0.3 is 20.3 Å². The summed E-state index contributed by atoms with van der Waals surface area (Å²) in [6, 6.07) is -0.629. The van der Waals surface area contributed by atoms with Crippen molar-refractivity contribution in [3.63, 3.8) is 0 Å². The molecule has 0 aliphatic carbocycles. The molecule has 2 unspecified atom stereocenters. The van der Waals surface area contributed by atoms with Crippen LogP contribution in [0.25, 0.3) is 0 Å². The van der Waals surface area contributed by atoms with E-state index in [0.29, 0.717) is 19.4 Å². The lowest BCUT2D eigenvalue weighted by Gasteiger charge is -2.20. The number of allylic oxidation sites excluding steroid dienone is 5. The molecule has 0 spiro atoms. The predicted molar refractivity (Wildman–Crippen MR) is 366 cm³/mol. The minimum absolute atomic E-state index is 0.00324. The van der Waals surface area contributed by atoms with Gasteiger partial charge in [0.05, 0.1) is 25.4 Å². The first-order valence-electron chi connectivity index (χ1n) is 37.8. The van der Waals surface area contributed by atoms with E-state index < -0.39 is 12.1 Å². The number of unbranched alkanes of at least 4 members (excludes halogenated alkanes) is 56. The van der Waals surface area contributed by atoms with Crippen LogP contribution in [0.4, 0.5) is 0 Å². The summed E-state index contributed by atoms with van der Waals surface area (Å²) in [6.45, 7) is 4.92. The van der Waals surface area contributed by atoms with E-state index in [4.69, 9.17) is 4.74 Å². The average molecular weight is 1170 g/mol. The highest BCUT2D eigenvalue weighted by molar-refractivity contribution is 5.76. The highest BCUT2D eigenvalue weighted by Crippen LogP contribution is 2.19. The van der Waals surface area contributed by atoms with Gasteiger partial charge in [-0.15, -0.1) is 0 Å². The molecule has 490 valence electrons. The molecule has 6 heteroatoms. The number of aliphatic hydroxyl groups excluding tert-OH is 2. The second-order valence-electron chi connectivity index (χ2n) is 26.0. The second kappa shape index (κ2) is 72.6. The van der Waals surface area contributed by atoms with Crippen molar-refractivity contribution >= 4 is 11.9 Å². The van der Waals surface area contributed by atoms with Gasteiger partial charge in [-0.2, -0.15) is 0 Å². The van der Waals surface area contributed by atoms with E-state index in [1.165, 1.54) is 340 Å². The fourth-order valence-electron chi connectivity index (χ4n) is 11.9. The van der Waals surface area contributed by atoms with Gasteiger partial charge in [-0.3, -0.25) is 9.59 Å². The Hall–Kier alpha value is -1.92. The van der Waals surface area contributed by atoms with Gasteiger partial charge in [-0.1, -0.05) is 378 Å². The lowest BCUT2D eigenvalue weighted by Crippen LogP contribution is -2.45. The highest BCUT2D eigenvalue weighted by atomic mass is 16.5. The van der Waals surface area contributed by atoms with E-state index >= 15 is 0 Å². The van der Waals surface area contributed by atoms with Crippen molar-refractivity contribution < 1.29 is 24.5 Å². The van der Waals surface area contributed by atoms with E-state index in [2.05, 4.69) is 43.5 Å². The molecule has 2 atom stereocenters. The number of ether oxygens (including phenoxy) is 1. The van der Waals surface area contributed by atoms with Gasteiger partial charge in [0.2, 0.25) is 5.91 Å². The number of amides is 1. The van der Waals surface area contributed by atoms with Crippen molar-refractivity contribution in [3.05, 3.63) is 36.5 Å². The van der Waals surface area contributed by atoms with Gasteiger partial charge in [0, 0.05) is 12.8 Å². The fraction of sp³-hybridized carbons (Fsp3) is 0.896. The van der Waals surface area contributed by atoms with Crippen LogP contribution in [0.3, 0.4) is 0 Å². The Balaban J connectivity index is 3.39. The molecule has 6 nitrogen and oxygen atoms in total. The van der Waals surface area contributed by atoms with E-state index in [1.54, 1.807) is 6.08 Å². The minimum Gasteiger partial charge on any atom is -0.466 e. The Labute approximate surface area is 519 Å². The van der Waals surface area contributed by atoms with Gasteiger partial charge in [0.15, 0.2) is 0 Å². The van der Waals surface area contributed by atoms with Gasteiger partial charge in [0.25, 0.3) is 0 Å². The van der Waals surface area contributed by atoms with Crippen LogP contribution < -0.4 is 5.32 Å². The van der Waals surface area contributed by atoms with Gasteiger partial charge in [0.1, 0.15) is 0 Å². The fourth-order valence-corrected chi connectivity index (χ4v) is 11.9. The molecule has 83 heavy (non-hydrogen) atoms. The Kier molecular flexibility index (Phi) is 70.9. The van der Waals surface area contributed by atoms with E-state index in [9.17, 15) is 19.8 Å². The third kappa shape index (κ3) is 69.1. The maximum absolute atomic E-state index is 12.6. The van der Waals surface area contributed by atoms with Crippen LogP contribution in [-0.4, -0.2) is 47.4 Å². The minimum atomic E-state index is -0.845. The molecule has 0 aliphatic heterocycles. The summed E-state index contributed by atoms with van der Waals surface area (Å²) in [7, 11) is 0. The first kappa shape index (κ1) is 81.1. The van der Waals surface area contributed by atoms with Gasteiger partial charge >= 0.3 is 5.97 Å². The van der Waals surface area contributed by atoms with E-state index in [-0.39, 0.29) is 18.5 Å². The molecule has 0 fully saturated rings. The number of esters is 1. The summed E-state index contributed by atoms with van der Waals surface area (Å²) in [4.78, 5) is 24.6. The standard InChI is InChI=1S/C77H147NO5/c1-3-5-7-9-11-13-15-17-19-21-22-23-24-26-29-32-35-38-41-45-49-53-57-61-65-69-75(80)74(73-79)78-76(81)70-66-62-58-54-50-46-42-39-36-33-30-27-25-28-31-34-37-40-44-48-52-56-60-64-68-72-83-77(82)71-67-63-59-55-51-47-43-20-18-16-14-12-10-8-6-4-2/h14,16,20,43,65,69,74-75,79-80H,3-13,15,17-19,21-42,44-64,66-68,70-73H2,1-2H3,(H,78,81)/b16-14-,43-20-,69-65+. The lowest BCUT2D eigenvalue weighted by atomic mass is 10.0. The van der Waals surface area contributed by atoms with Crippen molar-refractivity contribution in [1.82, 2.24) is 5.32 Å². The summed E-state index contributed by atoms with van der Waals surface area (Å²) >= 11 is 0. The molecule has 0 rings (SSSR count). The van der Waals surface area contributed by atoms with E-state index in [0.717, 1.165) is 51.4 Å². The third-order valence-electron chi connectivity index (χ3n) is 17.7. The molecule has 0 saturated heterocycles. The average Bonchev–Trinajstić information content (AvgIpc) is 3.49. The molecule has 0 saturated carbocycles. The van der Waals surface area contributed by atoms with Crippen LogP contribution >= 0.6 is 0 Å². The number of aliphatic hydroxyl groups is 2. The SMILES string of the molecule is CCCCCC/C=C\C/C=C\CCCCCCCC(=O)OCCCCCCCCCCCCCCCCCCCCCCCCCCCC(=O)NC(CO)C(O)/C=C/CCCCCCCCCCCCCCCCCCCCCCCCC. The van der Waals surface area contributed by atoms with Gasteiger partial charge in [-0.05, 0) is 64.2 Å². The largest absolute Gasteiger partial charge is 0.466 e. The second-order valence-corrected chi connectivity index (χ2v) is 26.0. The maximum Gasteiger partial charge on any atom is 0.305 e. The summed E-state index contributed by atoms with van der Waals surface area (Å²) in [5.74, 6) is -0.0585. The quantitative estimate of drug-likeness (QED) is 0.0320. The zero-order valence-corrected chi connectivity index (χ0v) is 56.2. The Morgan fingerprint density at radius 1 is 0.337 bits per heavy atom. The molecule has 0 heterocycles. The molecule has 0 aromatic rings. The number of carbonyl (C=O) groups excluding carboxylic acids is 2. The molecular formula is C77H147NO5. The molecule has 0 aromatic carbocycles. The molecule has 0 radical (unpaired) electrons. The van der Waals surface area contributed by atoms with Gasteiger partial charge in [-0.25, -0.2) is 0 Å². The van der Waals surface area contributed by atoms with Crippen molar-refractivity contribution in [1.29, 1.82) is 0 Å². The summed E-state index contributed by atoms with van der Waals surface area (Å²) in [6.07, 6.45) is 93.8. The lowest BCUT2D eigenvalue weighted by molar-refractivity contribution is -0.143.